The maximum Gasteiger partial charge on any atom is 0.433 e. The summed E-state index contributed by atoms with van der Waals surface area (Å²) in [6.07, 6.45) is -3.76. The van der Waals surface area contributed by atoms with Crippen LogP contribution < -0.4 is 14.6 Å². The summed E-state index contributed by atoms with van der Waals surface area (Å²) in [4.78, 5) is 56.9. The molecule has 4 aliphatic rings. The predicted octanol–water partition coefficient (Wildman–Crippen LogP) is 6.22. The first kappa shape index (κ1) is 35.0. The molecule has 3 aromatic rings. The van der Waals surface area contributed by atoms with Gasteiger partial charge in [-0.1, -0.05) is 35.4 Å². The fourth-order valence-corrected chi connectivity index (χ4v) is 9.03. The van der Waals surface area contributed by atoms with Crippen LogP contribution in [0.25, 0.3) is 0 Å². The molecule has 51 heavy (non-hydrogen) atoms. The quantitative estimate of drug-likeness (QED) is 0.141. The highest BCUT2D eigenvalue weighted by Crippen LogP contribution is 2.67. The van der Waals surface area contributed by atoms with Crippen LogP contribution >= 0.6 is 34.8 Å². The topological polar surface area (TPSA) is 120 Å². The van der Waals surface area contributed by atoms with Crippen molar-refractivity contribution in [1.29, 1.82) is 0 Å². The van der Waals surface area contributed by atoms with E-state index in [1.54, 1.807) is 6.08 Å². The number of rotatable bonds is 5. The Kier molecular flexibility index (Phi) is 8.12. The van der Waals surface area contributed by atoms with E-state index in [-0.39, 0.29) is 28.4 Å². The van der Waals surface area contributed by atoms with Crippen LogP contribution in [-0.4, -0.2) is 62.6 Å². The molecule has 3 heterocycles. The van der Waals surface area contributed by atoms with Crippen LogP contribution in [0.4, 0.5) is 29.1 Å². The van der Waals surface area contributed by atoms with Gasteiger partial charge in [0.25, 0.3) is 23.6 Å². The third-order valence-corrected chi connectivity index (χ3v) is 11.9. The number of para-hydroxylation sites is 1. The lowest BCUT2D eigenvalue weighted by Crippen LogP contribution is -2.60. The Morgan fingerprint density at radius 2 is 1.67 bits per heavy atom. The summed E-state index contributed by atoms with van der Waals surface area (Å²) in [5.74, 6) is -9.86. The van der Waals surface area contributed by atoms with Crippen molar-refractivity contribution in [1.82, 2.24) is 9.99 Å². The Bertz CT molecular complexity index is 2070. The number of aromatic hydroxyl groups is 1. The van der Waals surface area contributed by atoms with Gasteiger partial charge in [0.2, 0.25) is 0 Å². The number of pyridine rings is 1. The zero-order valence-electron chi connectivity index (χ0n) is 26.4. The summed E-state index contributed by atoms with van der Waals surface area (Å²) in [7, 11) is 2.47. The molecule has 0 radical (unpaired) electrons. The normalized spacial score (nSPS) is 28.8. The first-order valence-electron chi connectivity index (χ1n) is 15.4. The number of halogens is 7. The molecule has 266 valence electrons. The molecule has 1 N–H and O–H groups in total. The lowest BCUT2D eigenvalue weighted by Gasteiger charge is -2.50. The van der Waals surface area contributed by atoms with Crippen molar-refractivity contribution in [2.45, 2.75) is 34.7 Å². The molecule has 2 aliphatic heterocycles. The average molecular weight is 768 g/mol. The van der Waals surface area contributed by atoms with Crippen molar-refractivity contribution in [2.75, 3.05) is 24.1 Å². The summed E-state index contributed by atoms with van der Waals surface area (Å²) in [5.41, 5.74) is -0.972. The van der Waals surface area contributed by atoms with Gasteiger partial charge in [0.05, 0.1) is 29.7 Å². The first-order chi connectivity index (χ1) is 24.0. The minimum Gasteiger partial charge on any atom is -0.504 e. The third kappa shape index (κ3) is 4.86. The zero-order valence-corrected chi connectivity index (χ0v) is 28.7. The zero-order chi connectivity index (χ0) is 36.9. The van der Waals surface area contributed by atoms with E-state index in [0.29, 0.717) is 16.6 Å². The number of fused-ring (bicyclic) bond motifs is 4. The molecule has 0 spiro atoms. The number of allylic oxidation sites excluding steroid dienone is 2. The van der Waals surface area contributed by atoms with Crippen LogP contribution in [-0.2, 0) is 25.4 Å². The number of carbonyl (C=O) groups is 4. The number of imide groups is 2. The van der Waals surface area contributed by atoms with Gasteiger partial charge in [0, 0.05) is 18.5 Å². The molecule has 4 amide bonds. The highest BCUT2D eigenvalue weighted by Gasteiger charge is 2.77. The number of amides is 4. The third-order valence-electron chi connectivity index (χ3n) is 10.2. The van der Waals surface area contributed by atoms with Crippen molar-refractivity contribution in [3.8, 4) is 11.5 Å². The van der Waals surface area contributed by atoms with Gasteiger partial charge in [0.1, 0.15) is 11.5 Å². The smallest absolute Gasteiger partial charge is 0.433 e. The largest absolute Gasteiger partial charge is 0.504 e. The maximum atomic E-state index is 14.5. The van der Waals surface area contributed by atoms with E-state index in [0.717, 1.165) is 28.1 Å². The Balaban J connectivity index is 1.37. The number of hydrogen-bond acceptors (Lipinski definition) is 8. The molecule has 2 aromatic carbocycles. The first-order valence-corrected chi connectivity index (χ1v) is 16.5. The number of ether oxygens (including phenoxy) is 1. The number of carbonyl (C=O) groups excluding carboxylic acids is 4. The Morgan fingerprint density at radius 3 is 2.31 bits per heavy atom. The molecule has 1 saturated carbocycles. The lowest BCUT2D eigenvalue weighted by molar-refractivity contribution is -0.141. The Morgan fingerprint density at radius 1 is 0.980 bits per heavy atom. The molecule has 6 atom stereocenters. The number of hydrogen-bond donors (Lipinski definition) is 1. The number of phenolic OH excluding ortho intramolecular Hbond substituents is 1. The van der Waals surface area contributed by atoms with E-state index in [9.17, 15) is 41.8 Å². The molecule has 2 aliphatic carbocycles. The fourth-order valence-electron chi connectivity index (χ4n) is 7.87. The van der Waals surface area contributed by atoms with E-state index in [4.69, 9.17) is 39.5 Å². The fraction of sp³-hybridized carbons (Fsp3) is 0.324. The van der Waals surface area contributed by atoms with Crippen LogP contribution in [0, 0.1) is 23.6 Å². The van der Waals surface area contributed by atoms with Gasteiger partial charge in [-0.15, -0.1) is 23.2 Å². The number of phenols is 1. The van der Waals surface area contributed by atoms with E-state index in [2.05, 4.69) is 4.98 Å². The van der Waals surface area contributed by atoms with Gasteiger partial charge < -0.3 is 9.84 Å². The molecule has 6 unspecified atom stereocenters. The molecular weight excluding hydrogens is 743 g/mol. The summed E-state index contributed by atoms with van der Waals surface area (Å²) in [6.45, 7) is 0. The van der Waals surface area contributed by atoms with Crippen molar-refractivity contribution in [3.63, 3.8) is 0 Å². The summed E-state index contributed by atoms with van der Waals surface area (Å²) < 4.78 is 59.9. The van der Waals surface area contributed by atoms with Crippen LogP contribution in [0.15, 0.2) is 66.2 Å². The highest BCUT2D eigenvalue weighted by molar-refractivity contribution is 6.58. The van der Waals surface area contributed by atoms with Crippen molar-refractivity contribution in [3.05, 3.63) is 88.3 Å². The van der Waals surface area contributed by atoms with Gasteiger partial charge in [-0.3, -0.25) is 24.2 Å². The summed E-state index contributed by atoms with van der Waals surface area (Å²) in [6, 6.07) is 10.5. The van der Waals surface area contributed by atoms with Crippen LogP contribution in [0.1, 0.15) is 30.0 Å². The molecule has 7 rings (SSSR count). The molecule has 1 aromatic heterocycles. The molecule has 2 saturated heterocycles. The molecular formula is C34H25Cl3F4N4O6. The predicted molar refractivity (Wildman–Crippen MR) is 176 cm³/mol. The van der Waals surface area contributed by atoms with E-state index in [1.807, 2.05) is 0 Å². The van der Waals surface area contributed by atoms with Crippen molar-refractivity contribution < 1.29 is 46.6 Å². The van der Waals surface area contributed by atoms with Crippen LogP contribution in [0.3, 0.4) is 0 Å². The SMILES string of the molecule is COc1cccc(C2C3=CCC4C(=O)N(N(C)c5nc(C(F)(F)F)ccc5Cl)C(=O)C4C3CC3(Cl)C(=O)N(c4ccc(F)cc4)C(=O)C23Cl)c1O. The average Bonchev–Trinajstić information content (AvgIpc) is 3.42. The summed E-state index contributed by atoms with van der Waals surface area (Å²) in [5, 5.41) is 12.6. The molecule has 0 bridgehead atoms. The Labute approximate surface area is 302 Å². The number of benzene rings is 2. The van der Waals surface area contributed by atoms with Crippen LogP contribution in [0.2, 0.25) is 5.02 Å². The maximum absolute atomic E-state index is 14.5. The minimum atomic E-state index is -4.86. The number of anilines is 2. The van der Waals surface area contributed by atoms with E-state index in [1.165, 1.54) is 44.5 Å². The standard InChI is InChI=1S/C34H25Cl3F4N4O6/c1-43(27-21(35)12-13-23(42-27)34(39,40)41)45-28(47)18-11-10-17-20(24(18)29(45)48)14-32(36)30(49)44(16-8-6-15(38)7-9-16)31(50)33(32,37)25(17)19-4-3-5-22(51-2)26(19)46/h3-10,12-13,18,20,24-25,46H,11,14H2,1-2H3. The van der Waals surface area contributed by atoms with Gasteiger partial charge in [-0.2, -0.15) is 18.2 Å². The lowest BCUT2D eigenvalue weighted by atomic mass is 9.56. The summed E-state index contributed by atoms with van der Waals surface area (Å²) >= 11 is 20.8. The van der Waals surface area contributed by atoms with Gasteiger partial charge in [-0.25, -0.2) is 14.3 Å². The van der Waals surface area contributed by atoms with Gasteiger partial charge >= 0.3 is 6.18 Å². The Hall–Kier alpha value is -4.40. The number of methoxy groups -OCH3 is 1. The molecule has 3 fully saturated rings. The molecule has 17 heteroatoms. The monoisotopic (exact) mass is 766 g/mol. The van der Waals surface area contributed by atoms with Crippen molar-refractivity contribution in [2.24, 2.45) is 17.8 Å². The number of nitrogens with zero attached hydrogens (tertiary/aromatic N) is 4. The van der Waals surface area contributed by atoms with Crippen LogP contribution in [0.5, 0.6) is 11.5 Å². The highest BCUT2D eigenvalue weighted by atomic mass is 35.5. The van der Waals surface area contributed by atoms with Gasteiger partial charge in [-0.05, 0) is 61.2 Å². The second-order valence-electron chi connectivity index (χ2n) is 12.7. The second-order valence-corrected chi connectivity index (χ2v) is 14.3. The van der Waals surface area contributed by atoms with E-state index < -0.39 is 92.7 Å². The number of hydrazine groups is 1. The van der Waals surface area contributed by atoms with Crippen molar-refractivity contribution >= 4 is 69.9 Å². The minimum absolute atomic E-state index is 0.00176. The van der Waals surface area contributed by atoms with Gasteiger partial charge in [0.15, 0.2) is 27.1 Å². The second kappa shape index (κ2) is 11.8. The number of alkyl halides is 5. The molecule has 10 nitrogen and oxygen atoms in total. The van der Waals surface area contributed by atoms with E-state index >= 15 is 0 Å². The number of aromatic nitrogens is 1.